The normalized spacial score (nSPS) is 23.5. The number of likely N-dealkylation sites (tertiary alicyclic amines) is 1. The summed E-state index contributed by atoms with van der Waals surface area (Å²) in [6.45, 7) is 5.58. The van der Waals surface area contributed by atoms with Crippen LogP contribution in [0.25, 0.3) is 0 Å². The van der Waals surface area contributed by atoms with Gasteiger partial charge in [0.05, 0.1) is 6.04 Å². The van der Waals surface area contributed by atoms with Crippen molar-refractivity contribution >= 4 is 0 Å². The maximum Gasteiger partial charge on any atom is 0.123 e. The maximum atomic E-state index is 13.3. The molecule has 1 unspecified atom stereocenters. The molecule has 2 aliphatic rings. The predicted molar refractivity (Wildman–Crippen MR) is 84.8 cm³/mol. The van der Waals surface area contributed by atoms with Gasteiger partial charge in [-0.3, -0.25) is 4.90 Å². The van der Waals surface area contributed by atoms with E-state index in [4.69, 9.17) is 0 Å². The molecule has 0 amide bonds. The van der Waals surface area contributed by atoms with E-state index in [0.29, 0.717) is 6.04 Å². The number of benzene rings is 1. The van der Waals surface area contributed by atoms with Crippen LogP contribution in [0.5, 0.6) is 0 Å². The van der Waals surface area contributed by atoms with Crippen LogP contribution in [0.3, 0.4) is 0 Å². The Morgan fingerprint density at radius 2 is 1.71 bits per heavy atom. The molecule has 0 radical (unpaired) electrons. The van der Waals surface area contributed by atoms with Gasteiger partial charge in [0.15, 0.2) is 0 Å². The molecule has 0 spiro atoms. The molecule has 1 saturated carbocycles. The summed E-state index contributed by atoms with van der Waals surface area (Å²) >= 11 is 0. The van der Waals surface area contributed by atoms with Crippen molar-refractivity contribution in [3.63, 3.8) is 0 Å². The lowest BCUT2D eigenvalue weighted by Crippen LogP contribution is -2.54. The minimum atomic E-state index is -0.143. The lowest BCUT2D eigenvalue weighted by atomic mass is 9.82. The summed E-state index contributed by atoms with van der Waals surface area (Å²) in [6, 6.07) is 7.47. The first-order chi connectivity index (χ1) is 10.3. The number of hydrogen-bond acceptors (Lipinski definition) is 2. The van der Waals surface area contributed by atoms with E-state index in [2.05, 4.69) is 17.1 Å². The lowest BCUT2D eigenvalue weighted by Gasteiger charge is -2.45. The largest absolute Gasteiger partial charge is 0.309 e. The third-order valence-corrected chi connectivity index (χ3v) is 5.35. The average molecular weight is 290 g/mol. The van der Waals surface area contributed by atoms with E-state index < -0.39 is 0 Å². The SMILES string of the molecule is CCNC(c1ccc(F)cc1)C1(N2CCCC2)CCCC1. The molecule has 1 N–H and O–H groups in total. The van der Waals surface area contributed by atoms with Crippen molar-refractivity contribution in [1.29, 1.82) is 0 Å². The second kappa shape index (κ2) is 6.45. The molecule has 3 rings (SSSR count). The van der Waals surface area contributed by atoms with E-state index >= 15 is 0 Å². The van der Waals surface area contributed by atoms with E-state index in [9.17, 15) is 4.39 Å². The van der Waals surface area contributed by atoms with Crippen LogP contribution in [0.1, 0.15) is 57.1 Å². The zero-order valence-corrected chi connectivity index (χ0v) is 13.1. The minimum Gasteiger partial charge on any atom is -0.309 e. The van der Waals surface area contributed by atoms with Gasteiger partial charge in [-0.2, -0.15) is 0 Å². The van der Waals surface area contributed by atoms with Crippen LogP contribution in [-0.2, 0) is 0 Å². The van der Waals surface area contributed by atoms with Gasteiger partial charge in [0.1, 0.15) is 5.82 Å². The standard InChI is InChI=1S/C18H27FN2/c1-2-20-17(15-7-9-16(19)10-8-15)18(11-3-4-12-18)21-13-5-6-14-21/h7-10,17,20H,2-6,11-14H2,1H3. The maximum absolute atomic E-state index is 13.3. The van der Waals surface area contributed by atoms with E-state index in [0.717, 1.165) is 6.54 Å². The van der Waals surface area contributed by atoms with Crippen LogP contribution in [0.15, 0.2) is 24.3 Å². The zero-order chi connectivity index (χ0) is 14.7. The van der Waals surface area contributed by atoms with Gasteiger partial charge in [0, 0.05) is 5.54 Å². The smallest absolute Gasteiger partial charge is 0.123 e. The molecule has 1 atom stereocenters. The van der Waals surface area contributed by atoms with Gasteiger partial charge in [-0.05, 0) is 63.0 Å². The molecule has 1 heterocycles. The molecule has 0 bridgehead atoms. The van der Waals surface area contributed by atoms with Crippen molar-refractivity contribution < 1.29 is 4.39 Å². The zero-order valence-electron chi connectivity index (χ0n) is 13.1. The molecule has 3 heteroatoms. The molecule has 1 aromatic rings. The van der Waals surface area contributed by atoms with Crippen LogP contribution in [0.2, 0.25) is 0 Å². The molecular weight excluding hydrogens is 263 g/mol. The Morgan fingerprint density at radius 1 is 1.10 bits per heavy atom. The lowest BCUT2D eigenvalue weighted by molar-refractivity contribution is 0.0770. The van der Waals surface area contributed by atoms with Gasteiger partial charge >= 0.3 is 0 Å². The summed E-state index contributed by atoms with van der Waals surface area (Å²) in [7, 11) is 0. The molecule has 1 saturated heterocycles. The van der Waals surface area contributed by atoms with Crippen molar-refractivity contribution in [3.05, 3.63) is 35.6 Å². The third kappa shape index (κ3) is 2.86. The Hall–Kier alpha value is -0.930. The summed E-state index contributed by atoms with van der Waals surface area (Å²) in [5.74, 6) is -0.143. The minimum absolute atomic E-state index is 0.143. The fraction of sp³-hybridized carbons (Fsp3) is 0.667. The fourth-order valence-corrected chi connectivity index (χ4v) is 4.41. The van der Waals surface area contributed by atoms with Crippen molar-refractivity contribution in [2.24, 2.45) is 0 Å². The molecule has 1 aliphatic carbocycles. The number of hydrogen-bond donors (Lipinski definition) is 1. The Labute approximate surface area is 127 Å². The van der Waals surface area contributed by atoms with Gasteiger partial charge < -0.3 is 5.32 Å². The molecular formula is C18H27FN2. The van der Waals surface area contributed by atoms with E-state index in [1.165, 1.54) is 57.2 Å². The molecule has 21 heavy (non-hydrogen) atoms. The number of halogens is 1. The average Bonchev–Trinajstić information content (AvgIpc) is 3.18. The van der Waals surface area contributed by atoms with Gasteiger partial charge in [-0.15, -0.1) is 0 Å². The highest BCUT2D eigenvalue weighted by molar-refractivity contribution is 5.25. The fourth-order valence-electron chi connectivity index (χ4n) is 4.41. The molecule has 1 aliphatic heterocycles. The Kier molecular flexibility index (Phi) is 4.60. The summed E-state index contributed by atoms with van der Waals surface area (Å²) < 4.78 is 13.3. The van der Waals surface area contributed by atoms with E-state index in [1.807, 2.05) is 12.1 Å². The Morgan fingerprint density at radius 3 is 2.29 bits per heavy atom. The van der Waals surface area contributed by atoms with Gasteiger partial charge in [-0.1, -0.05) is 31.9 Å². The van der Waals surface area contributed by atoms with Crippen LogP contribution < -0.4 is 5.32 Å². The second-order valence-corrected chi connectivity index (χ2v) is 6.55. The summed E-state index contributed by atoms with van der Waals surface area (Å²) in [5.41, 5.74) is 1.48. The highest BCUT2D eigenvalue weighted by atomic mass is 19.1. The van der Waals surface area contributed by atoms with Crippen molar-refractivity contribution in [2.45, 2.75) is 57.0 Å². The van der Waals surface area contributed by atoms with Crippen LogP contribution in [0.4, 0.5) is 4.39 Å². The molecule has 2 fully saturated rings. The van der Waals surface area contributed by atoms with Crippen molar-refractivity contribution in [2.75, 3.05) is 19.6 Å². The highest BCUT2D eigenvalue weighted by Gasteiger charge is 2.46. The molecule has 0 aromatic heterocycles. The molecule has 1 aromatic carbocycles. The quantitative estimate of drug-likeness (QED) is 0.885. The van der Waals surface area contributed by atoms with Crippen LogP contribution >= 0.6 is 0 Å². The number of rotatable bonds is 5. The topological polar surface area (TPSA) is 15.3 Å². The van der Waals surface area contributed by atoms with Crippen LogP contribution in [-0.4, -0.2) is 30.1 Å². The second-order valence-electron chi connectivity index (χ2n) is 6.55. The number of nitrogens with one attached hydrogen (secondary N) is 1. The summed E-state index contributed by atoms with van der Waals surface area (Å²) in [6.07, 6.45) is 7.82. The van der Waals surface area contributed by atoms with Gasteiger partial charge in [-0.25, -0.2) is 4.39 Å². The van der Waals surface area contributed by atoms with Crippen molar-refractivity contribution in [1.82, 2.24) is 10.2 Å². The first-order valence-electron chi connectivity index (χ1n) is 8.50. The third-order valence-electron chi connectivity index (χ3n) is 5.35. The summed E-state index contributed by atoms with van der Waals surface area (Å²) in [4.78, 5) is 2.72. The molecule has 116 valence electrons. The summed E-state index contributed by atoms with van der Waals surface area (Å²) in [5, 5.41) is 3.71. The Bertz CT molecular complexity index is 445. The van der Waals surface area contributed by atoms with Gasteiger partial charge in [0.25, 0.3) is 0 Å². The predicted octanol–water partition coefficient (Wildman–Crippen LogP) is 3.88. The molecule has 2 nitrogen and oxygen atoms in total. The first kappa shape index (κ1) is 15.0. The van der Waals surface area contributed by atoms with Crippen LogP contribution in [0, 0.1) is 5.82 Å². The number of nitrogens with zero attached hydrogens (tertiary/aromatic N) is 1. The monoisotopic (exact) mass is 290 g/mol. The highest BCUT2D eigenvalue weighted by Crippen LogP contribution is 2.45. The van der Waals surface area contributed by atoms with E-state index in [1.54, 1.807) is 12.1 Å². The van der Waals surface area contributed by atoms with Crippen molar-refractivity contribution in [3.8, 4) is 0 Å². The van der Waals surface area contributed by atoms with Gasteiger partial charge in [0.2, 0.25) is 0 Å². The van der Waals surface area contributed by atoms with E-state index in [-0.39, 0.29) is 11.4 Å². The number of likely N-dealkylation sites (N-methyl/N-ethyl adjacent to an activating group) is 1. The Balaban J connectivity index is 1.94. The first-order valence-corrected chi connectivity index (χ1v) is 8.50.